The first-order valence-corrected chi connectivity index (χ1v) is 6.56. The van der Waals surface area contributed by atoms with Crippen LogP contribution in [0.5, 0.6) is 0 Å². The van der Waals surface area contributed by atoms with Crippen LogP contribution in [-0.4, -0.2) is 30.5 Å². The molecule has 1 heterocycles. The predicted octanol–water partition coefficient (Wildman–Crippen LogP) is 1.61. The number of nitrogens with two attached hydrogens (primary N) is 1. The number of allylic oxidation sites excluding steroid dienone is 2. The highest BCUT2D eigenvalue weighted by molar-refractivity contribution is 5.78. The molecule has 4 rings (SSSR count). The maximum absolute atomic E-state index is 5.95. The van der Waals surface area contributed by atoms with E-state index >= 15 is 0 Å². The molecule has 0 spiro atoms. The van der Waals surface area contributed by atoms with Gasteiger partial charge < -0.3 is 10.6 Å². The Morgan fingerprint density at radius 1 is 1.31 bits per heavy atom. The topological polar surface area (TPSA) is 41.6 Å². The molecule has 2 fully saturated rings. The van der Waals surface area contributed by atoms with Crippen LogP contribution in [0.15, 0.2) is 17.1 Å². The van der Waals surface area contributed by atoms with Crippen LogP contribution in [0.2, 0.25) is 0 Å². The van der Waals surface area contributed by atoms with Gasteiger partial charge in [-0.15, -0.1) is 0 Å². The van der Waals surface area contributed by atoms with Crippen LogP contribution >= 0.6 is 0 Å². The summed E-state index contributed by atoms with van der Waals surface area (Å²) in [5.74, 6) is 3.13. The second-order valence-electron chi connectivity index (χ2n) is 5.42. The van der Waals surface area contributed by atoms with E-state index in [2.05, 4.69) is 22.0 Å². The van der Waals surface area contributed by atoms with Gasteiger partial charge >= 0.3 is 0 Å². The lowest BCUT2D eigenvalue weighted by Gasteiger charge is -2.38. The highest BCUT2D eigenvalue weighted by atomic mass is 15.3. The lowest BCUT2D eigenvalue weighted by Crippen LogP contribution is -2.46. The Balaban J connectivity index is 1.57. The van der Waals surface area contributed by atoms with Gasteiger partial charge in [-0.05, 0) is 43.4 Å². The average molecular weight is 219 g/mol. The van der Waals surface area contributed by atoms with Gasteiger partial charge in [0.05, 0.1) is 0 Å². The number of aliphatic imine (C=N–C) groups is 1. The number of hydrogen-bond acceptors (Lipinski definition) is 1. The zero-order valence-corrected chi connectivity index (χ0v) is 9.81. The quantitative estimate of drug-likeness (QED) is 0.435. The molecule has 3 aliphatic carbocycles. The third-order valence-electron chi connectivity index (χ3n) is 4.38. The number of nitrogens with zero attached hydrogens (tertiary/aromatic N) is 2. The Morgan fingerprint density at radius 3 is 2.69 bits per heavy atom. The van der Waals surface area contributed by atoms with Crippen LogP contribution in [0.1, 0.15) is 25.7 Å². The summed E-state index contributed by atoms with van der Waals surface area (Å²) in [4.78, 5) is 6.75. The number of rotatable bonds is 2. The Morgan fingerprint density at radius 2 is 2.19 bits per heavy atom. The van der Waals surface area contributed by atoms with Gasteiger partial charge in [0.2, 0.25) is 0 Å². The molecule has 3 unspecified atom stereocenters. The molecule has 0 aromatic carbocycles. The second kappa shape index (κ2) is 4.11. The first-order chi connectivity index (χ1) is 7.83. The van der Waals surface area contributed by atoms with E-state index in [0.717, 1.165) is 43.3 Å². The summed E-state index contributed by atoms with van der Waals surface area (Å²) in [6.07, 6.45) is 10.2. The van der Waals surface area contributed by atoms with Crippen molar-refractivity contribution >= 4 is 5.96 Å². The van der Waals surface area contributed by atoms with Crippen LogP contribution in [0.3, 0.4) is 0 Å². The van der Waals surface area contributed by atoms with Crippen molar-refractivity contribution in [1.82, 2.24) is 4.90 Å². The smallest absolute Gasteiger partial charge is 0.191 e. The van der Waals surface area contributed by atoms with Gasteiger partial charge in [0.15, 0.2) is 5.96 Å². The van der Waals surface area contributed by atoms with Gasteiger partial charge in [0.1, 0.15) is 0 Å². The zero-order valence-electron chi connectivity index (χ0n) is 9.81. The normalized spacial score (nSPS) is 37.6. The predicted molar refractivity (Wildman–Crippen MR) is 66.1 cm³/mol. The third kappa shape index (κ3) is 1.83. The minimum atomic E-state index is 0.753. The second-order valence-corrected chi connectivity index (χ2v) is 5.42. The van der Waals surface area contributed by atoms with Crippen molar-refractivity contribution in [2.24, 2.45) is 28.5 Å². The molecule has 3 nitrogen and oxygen atoms in total. The first kappa shape index (κ1) is 10.2. The summed E-state index contributed by atoms with van der Waals surface area (Å²) < 4.78 is 0. The van der Waals surface area contributed by atoms with Crippen molar-refractivity contribution in [2.75, 3.05) is 19.6 Å². The molecular formula is C13H21N3. The number of guanidine groups is 1. The Bertz CT molecular complexity index is 317. The van der Waals surface area contributed by atoms with E-state index in [1.807, 2.05) is 0 Å². The number of fused-ring (bicyclic) bond motifs is 2. The van der Waals surface area contributed by atoms with E-state index in [1.165, 1.54) is 25.7 Å². The third-order valence-corrected chi connectivity index (χ3v) is 4.38. The maximum Gasteiger partial charge on any atom is 0.191 e. The molecule has 3 heteroatoms. The van der Waals surface area contributed by atoms with Crippen molar-refractivity contribution in [2.45, 2.75) is 25.7 Å². The molecule has 1 saturated heterocycles. The van der Waals surface area contributed by atoms with Gasteiger partial charge in [-0.2, -0.15) is 0 Å². The fourth-order valence-corrected chi connectivity index (χ4v) is 3.12. The first-order valence-electron chi connectivity index (χ1n) is 6.56. The molecule has 3 atom stereocenters. The molecule has 16 heavy (non-hydrogen) atoms. The Hall–Kier alpha value is -0.990. The van der Waals surface area contributed by atoms with Gasteiger partial charge in [0.25, 0.3) is 0 Å². The lowest BCUT2D eigenvalue weighted by atomic mass is 9.69. The summed E-state index contributed by atoms with van der Waals surface area (Å²) >= 11 is 0. The van der Waals surface area contributed by atoms with Gasteiger partial charge in [-0.3, -0.25) is 4.99 Å². The van der Waals surface area contributed by atoms with Crippen LogP contribution in [0.4, 0.5) is 0 Å². The summed E-state index contributed by atoms with van der Waals surface area (Å²) in [6.45, 7) is 3.14. The zero-order chi connectivity index (χ0) is 11.0. The fraction of sp³-hybridized carbons (Fsp3) is 0.769. The van der Waals surface area contributed by atoms with Gasteiger partial charge in [-0.25, -0.2) is 0 Å². The summed E-state index contributed by atoms with van der Waals surface area (Å²) in [6, 6.07) is 0. The van der Waals surface area contributed by atoms with E-state index in [4.69, 9.17) is 5.73 Å². The number of hydrogen-bond donors (Lipinski definition) is 1. The molecular weight excluding hydrogens is 198 g/mol. The molecule has 0 radical (unpaired) electrons. The molecule has 0 amide bonds. The maximum atomic E-state index is 5.95. The molecule has 0 aromatic heterocycles. The van der Waals surface area contributed by atoms with E-state index in [1.54, 1.807) is 0 Å². The minimum Gasteiger partial charge on any atom is -0.370 e. The molecule has 4 aliphatic rings. The van der Waals surface area contributed by atoms with E-state index in [9.17, 15) is 0 Å². The van der Waals surface area contributed by atoms with Crippen LogP contribution < -0.4 is 5.73 Å². The summed E-state index contributed by atoms with van der Waals surface area (Å²) in [5.41, 5.74) is 5.95. The van der Waals surface area contributed by atoms with E-state index < -0.39 is 0 Å². The van der Waals surface area contributed by atoms with Crippen molar-refractivity contribution in [3.63, 3.8) is 0 Å². The molecule has 1 saturated carbocycles. The number of likely N-dealkylation sites (tertiary alicyclic amines) is 1. The van der Waals surface area contributed by atoms with Crippen molar-refractivity contribution in [3.05, 3.63) is 12.2 Å². The van der Waals surface area contributed by atoms with Crippen LogP contribution in [-0.2, 0) is 0 Å². The highest BCUT2D eigenvalue weighted by Gasteiger charge is 2.31. The Labute approximate surface area is 97.4 Å². The minimum absolute atomic E-state index is 0.753. The SMILES string of the molecule is NC(=NCC1CC2C=CC1CC2)N1CCC1. The standard InChI is InChI=1S/C13H21N3/c14-13(16-6-1-7-16)15-9-12-8-10-2-4-11(12)5-3-10/h2,4,10-12H,1,3,5-9H2,(H2,14,15). The largest absolute Gasteiger partial charge is 0.370 e. The van der Waals surface area contributed by atoms with Gasteiger partial charge in [0, 0.05) is 19.6 Å². The molecule has 2 bridgehead atoms. The average Bonchev–Trinajstić information content (AvgIpc) is 2.26. The highest BCUT2D eigenvalue weighted by Crippen LogP contribution is 2.40. The molecule has 0 aromatic rings. The van der Waals surface area contributed by atoms with E-state index in [-0.39, 0.29) is 0 Å². The van der Waals surface area contributed by atoms with Gasteiger partial charge in [-0.1, -0.05) is 12.2 Å². The molecule has 1 aliphatic heterocycles. The van der Waals surface area contributed by atoms with Crippen molar-refractivity contribution in [1.29, 1.82) is 0 Å². The molecule has 2 N–H and O–H groups in total. The lowest BCUT2D eigenvalue weighted by molar-refractivity contribution is 0.225. The van der Waals surface area contributed by atoms with Crippen LogP contribution in [0.25, 0.3) is 0 Å². The summed E-state index contributed by atoms with van der Waals surface area (Å²) in [7, 11) is 0. The molecule has 88 valence electrons. The van der Waals surface area contributed by atoms with Crippen molar-refractivity contribution < 1.29 is 0 Å². The van der Waals surface area contributed by atoms with Crippen molar-refractivity contribution in [3.8, 4) is 0 Å². The van der Waals surface area contributed by atoms with Crippen LogP contribution in [0, 0.1) is 17.8 Å². The monoisotopic (exact) mass is 219 g/mol. The fourth-order valence-electron chi connectivity index (χ4n) is 3.12. The Kier molecular flexibility index (Phi) is 2.62. The summed E-state index contributed by atoms with van der Waals surface area (Å²) in [5, 5.41) is 0. The van der Waals surface area contributed by atoms with E-state index in [0.29, 0.717) is 0 Å².